The first-order chi connectivity index (χ1) is 14.6. The monoisotopic (exact) mass is 433 g/mol. The minimum Gasteiger partial charge on any atom is -0.376 e. The number of carbonyl (C=O) groups excluding carboxylic acids is 2. The number of ether oxygens (including phenoxy) is 1. The molecule has 0 bridgehead atoms. The van der Waals surface area contributed by atoms with Crippen LogP contribution in [-0.2, 0) is 9.53 Å². The molecule has 2 amide bonds. The topological polar surface area (TPSA) is 61.9 Å². The molecule has 1 aliphatic carbocycles. The summed E-state index contributed by atoms with van der Waals surface area (Å²) in [7, 11) is 0. The second-order valence-electron chi connectivity index (χ2n) is 8.71. The van der Waals surface area contributed by atoms with Crippen LogP contribution in [0.15, 0.2) is 24.3 Å². The smallest absolute Gasteiger partial charge is 0.253 e. The molecule has 0 aromatic heterocycles. The summed E-state index contributed by atoms with van der Waals surface area (Å²) in [6.45, 7) is 4.12. The standard InChI is InChI=1S/C23H32ClN3O3/c24-19-8-3-7-18(15-19)23(29)27-12-10-26(11-13-27)21(17-5-1-2-6-17)22(28)25-16-20-9-4-14-30-20/h3,7-8,15,17,20-21H,1-2,4-6,9-14,16H2,(H,25,28). The van der Waals surface area contributed by atoms with Crippen LogP contribution in [0.3, 0.4) is 0 Å². The summed E-state index contributed by atoms with van der Waals surface area (Å²) in [5.74, 6) is 0.550. The SMILES string of the molecule is O=C(NCC1CCCO1)C(C1CCCC1)N1CCN(C(=O)c2cccc(Cl)c2)CC1. The molecule has 2 saturated heterocycles. The summed E-state index contributed by atoms with van der Waals surface area (Å²) in [6, 6.07) is 7.01. The lowest BCUT2D eigenvalue weighted by atomic mass is 9.94. The number of nitrogens with one attached hydrogen (secondary N) is 1. The van der Waals surface area contributed by atoms with Crippen molar-refractivity contribution < 1.29 is 14.3 Å². The van der Waals surface area contributed by atoms with Gasteiger partial charge >= 0.3 is 0 Å². The molecule has 1 aromatic carbocycles. The van der Waals surface area contributed by atoms with E-state index in [0.29, 0.717) is 36.1 Å². The molecule has 3 fully saturated rings. The zero-order valence-corrected chi connectivity index (χ0v) is 18.3. The summed E-state index contributed by atoms with van der Waals surface area (Å²) < 4.78 is 5.66. The van der Waals surface area contributed by atoms with Gasteiger partial charge in [-0.3, -0.25) is 14.5 Å². The number of hydrogen-bond donors (Lipinski definition) is 1. The first kappa shape index (κ1) is 21.6. The van der Waals surface area contributed by atoms with Crippen LogP contribution >= 0.6 is 11.6 Å². The third-order valence-electron chi connectivity index (χ3n) is 6.71. The molecule has 6 nitrogen and oxygen atoms in total. The van der Waals surface area contributed by atoms with Gasteiger partial charge in [0, 0.05) is 49.9 Å². The van der Waals surface area contributed by atoms with Gasteiger partial charge in [0.15, 0.2) is 0 Å². The van der Waals surface area contributed by atoms with Crippen molar-refractivity contribution >= 4 is 23.4 Å². The number of amides is 2. The van der Waals surface area contributed by atoms with Crippen LogP contribution in [0.25, 0.3) is 0 Å². The van der Waals surface area contributed by atoms with Crippen molar-refractivity contribution in [2.45, 2.75) is 50.7 Å². The van der Waals surface area contributed by atoms with Gasteiger partial charge in [0.2, 0.25) is 5.91 Å². The molecule has 2 heterocycles. The molecule has 0 radical (unpaired) electrons. The Morgan fingerprint density at radius 1 is 1.10 bits per heavy atom. The van der Waals surface area contributed by atoms with Gasteiger partial charge in [-0.1, -0.05) is 30.5 Å². The highest BCUT2D eigenvalue weighted by Gasteiger charge is 2.37. The van der Waals surface area contributed by atoms with Crippen LogP contribution in [0.2, 0.25) is 5.02 Å². The quantitative estimate of drug-likeness (QED) is 0.749. The van der Waals surface area contributed by atoms with Crippen molar-refractivity contribution in [2.75, 3.05) is 39.3 Å². The molecule has 7 heteroatoms. The molecular weight excluding hydrogens is 402 g/mol. The zero-order chi connectivity index (χ0) is 20.9. The number of carbonyl (C=O) groups is 2. The van der Waals surface area contributed by atoms with E-state index in [0.717, 1.165) is 45.4 Å². The molecule has 30 heavy (non-hydrogen) atoms. The lowest BCUT2D eigenvalue weighted by Crippen LogP contribution is -2.58. The van der Waals surface area contributed by atoms with E-state index in [1.165, 1.54) is 12.8 Å². The number of benzene rings is 1. The summed E-state index contributed by atoms with van der Waals surface area (Å²) in [4.78, 5) is 30.1. The van der Waals surface area contributed by atoms with Crippen molar-refractivity contribution in [2.24, 2.45) is 5.92 Å². The molecule has 0 spiro atoms. The van der Waals surface area contributed by atoms with E-state index in [-0.39, 0.29) is 24.0 Å². The average molecular weight is 434 g/mol. The van der Waals surface area contributed by atoms with E-state index in [1.807, 2.05) is 4.90 Å². The van der Waals surface area contributed by atoms with Gasteiger partial charge in [-0.15, -0.1) is 0 Å². The van der Waals surface area contributed by atoms with Gasteiger partial charge in [-0.05, 0) is 49.8 Å². The Kier molecular flexibility index (Phi) is 7.28. The normalized spacial score (nSPS) is 24.2. The molecule has 3 aliphatic rings. The van der Waals surface area contributed by atoms with E-state index in [1.54, 1.807) is 24.3 Å². The molecule has 164 valence electrons. The van der Waals surface area contributed by atoms with Gasteiger partial charge < -0.3 is 15.0 Å². The van der Waals surface area contributed by atoms with Crippen molar-refractivity contribution in [1.82, 2.24) is 15.1 Å². The third-order valence-corrected chi connectivity index (χ3v) is 6.94. The van der Waals surface area contributed by atoms with Crippen LogP contribution in [-0.4, -0.2) is 73.1 Å². The Morgan fingerprint density at radius 3 is 2.53 bits per heavy atom. The minimum absolute atomic E-state index is 0.0115. The molecule has 1 saturated carbocycles. The number of rotatable bonds is 6. The number of hydrogen-bond acceptors (Lipinski definition) is 4. The predicted molar refractivity (Wildman–Crippen MR) is 117 cm³/mol. The Hall–Kier alpha value is -1.63. The molecule has 2 unspecified atom stereocenters. The fourth-order valence-electron chi connectivity index (χ4n) is 5.08. The molecule has 1 aromatic rings. The van der Waals surface area contributed by atoms with Gasteiger partial charge in [0.05, 0.1) is 12.1 Å². The van der Waals surface area contributed by atoms with Crippen LogP contribution in [0, 0.1) is 5.92 Å². The molecule has 4 rings (SSSR count). The molecule has 2 atom stereocenters. The van der Waals surface area contributed by atoms with Crippen molar-refractivity contribution in [1.29, 1.82) is 0 Å². The lowest BCUT2D eigenvalue weighted by molar-refractivity contribution is -0.129. The van der Waals surface area contributed by atoms with Crippen LogP contribution < -0.4 is 5.32 Å². The fourth-order valence-corrected chi connectivity index (χ4v) is 5.27. The Balaban J connectivity index is 1.36. The van der Waals surface area contributed by atoms with E-state index < -0.39 is 0 Å². The maximum Gasteiger partial charge on any atom is 0.253 e. The summed E-state index contributed by atoms with van der Waals surface area (Å²) >= 11 is 6.04. The Bertz CT molecular complexity index is 739. The predicted octanol–water partition coefficient (Wildman–Crippen LogP) is 2.95. The Labute approximate surface area is 183 Å². The van der Waals surface area contributed by atoms with E-state index >= 15 is 0 Å². The van der Waals surface area contributed by atoms with E-state index in [2.05, 4.69) is 10.2 Å². The van der Waals surface area contributed by atoms with E-state index in [4.69, 9.17) is 16.3 Å². The van der Waals surface area contributed by atoms with Gasteiger partial charge in [-0.2, -0.15) is 0 Å². The van der Waals surface area contributed by atoms with Gasteiger partial charge in [0.1, 0.15) is 0 Å². The first-order valence-corrected chi connectivity index (χ1v) is 11.7. The second kappa shape index (κ2) is 10.1. The number of nitrogens with zero attached hydrogens (tertiary/aromatic N) is 2. The lowest BCUT2D eigenvalue weighted by Gasteiger charge is -2.41. The van der Waals surface area contributed by atoms with Crippen LogP contribution in [0.5, 0.6) is 0 Å². The zero-order valence-electron chi connectivity index (χ0n) is 17.5. The largest absolute Gasteiger partial charge is 0.376 e. The van der Waals surface area contributed by atoms with Gasteiger partial charge in [0.25, 0.3) is 5.91 Å². The van der Waals surface area contributed by atoms with E-state index in [9.17, 15) is 9.59 Å². The molecular formula is C23H32ClN3O3. The highest BCUT2D eigenvalue weighted by molar-refractivity contribution is 6.30. The number of piperazine rings is 1. The molecule has 1 N–H and O–H groups in total. The van der Waals surface area contributed by atoms with Crippen molar-refractivity contribution in [3.05, 3.63) is 34.9 Å². The fraction of sp³-hybridized carbons (Fsp3) is 0.652. The number of halogens is 1. The maximum absolute atomic E-state index is 13.2. The Morgan fingerprint density at radius 2 is 1.87 bits per heavy atom. The third kappa shape index (κ3) is 5.16. The first-order valence-electron chi connectivity index (χ1n) is 11.3. The molecule has 2 aliphatic heterocycles. The van der Waals surface area contributed by atoms with Crippen LogP contribution in [0.4, 0.5) is 0 Å². The maximum atomic E-state index is 13.2. The van der Waals surface area contributed by atoms with Crippen LogP contribution in [0.1, 0.15) is 48.9 Å². The summed E-state index contributed by atoms with van der Waals surface area (Å²) in [6.07, 6.45) is 6.89. The van der Waals surface area contributed by atoms with Crippen molar-refractivity contribution in [3.63, 3.8) is 0 Å². The summed E-state index contributed by atoms with van der Waals surface area (Å²) in [5, 5.41) is 3.74. The summed E-state index contributed by atoms with van der Waals surface area (Å²) in [5.41, 5.74) is 0.623. The second-order valence-corrected chi connectivity index (χ2v) is 9.14. The van der Waals surface area contributed by atoms with Crippen molar-refractivity contribution in [3.8, 4) is 0 Å². The minimum atomic E-state index is -0.0997. The highest BCUT2D eigenvalue weighted by Crippen LogP contribution is 2.31. The van der Waals surface area contributed by atoms with Gasteiger partial charge in [-0.25, -0.2) is 0 Å². The highest BCUT2D eigenvalue weighted by atomic mass is 35.5. The average Bonchev–Trinajstić information content (AvgIpc) is 3.47.